The lowest BCUT2D eigenvalue weighted by Crippen LogP contribution is -2.34. The summed E-state index contributed by atoms with van der Waals surface area (Å²) < 4.78 is 0. The number of hydrogen-bond acceptors (Lipinski definition) is 2. The van der Waals surface area contributed by atoms with E-state index in [0.717, 1.165) is 11.3 Å². The summed E-state index contributed by atoms with van der Waals surface area (Å²) in [6.45, 7) is 7.08. The summed E-state index contributed by atoms with van der Waals surface area (Å²) in [4.78, 5) is 13.5. The number of anilines is 1. The number of nitrogens with one attached hydrogen (secondary N) is 1. The SMILES string of the molecule is CCN(CC)C(=O)Nc1ccc(O)cc1C. The Balaban J connectivity index is 2.76. The van der Waals surface area contributed by atoms with Crippen molar-refractivity contribution in [2.75, 3.05) is 18.4 Å². The Kier molecular flexibility index (Phi) is 4.17. The van der Waals surface area contributed by atoms with Gasteiger partial charge in [-0.1, -0.05) is 0 Å². The molecule has 4 nitrogen and oxygen atoms in total. The number of carbonyl (C=O) groups excluding carboxylic acids is 1. The van der Waals surface area contributed by atoms with Crippen LogP contribution in [0.1, 0.15) is 19.4 Å². The van der Waals surface area contributed by atoms with E-state index in [1.165, 1.54) is 0 Å². The predicted molar refractivity (Wildman–Crippen MR) is 64.8 cm³/mol. The number of benzene rings is 1. The average molecular weight is 222 g/mol. The summed E-state index contributed by atoms with van der Waals surface area (Å²) >= 11 is 0. The summed E-state index contributed by atoms with van der Waals surface area (Å²) in [5.41, 5.74) is 1.58. The van der Waals surface area contributed by atoms with Crippen molar-refractivity contribution < 1.29 is 9.90 Å². The number of nitrogens with zero attached hydrogens (tertiary/aromatic N) is 1. The topological polar surface area (TPSA) is 52.6 Å². The van der Waals surface area contributed by atoms with Crippen molar-refractivity contribution in [2.24, 2.45) is 0 Å². The summed E-state index contributed by atoms with van der Waals surface area (Å²) in [5, 5.41) is 12.1. The molecule has 1 aromatic carbocycles. The lowest BCUT2D eigenvalue weighted by molar-refractivity contribution is 0.217. The Morgan fingerprint density at radius 3 is 2.50 bits per heavy atom. The molecule has 0 fully saturated rings. The number of phenols is 1. The van der Waals surface area contributed by atoms with Crippen molar-refractivity contribution >= 4 is 11.7 Å². The van der Waals surface area contributed by atoms with Crippen molar-refractivity contribution in [3.05, 3.63) is 23.8 Å². The Morgan fingerprint density at radius 1 is 1.38 bits per heavy atom. The number of rotatable bonds is 3. The Labute approximate surface area is 95.9 Å². The Hall–Kier alpha value is -1.71. The molecule has 0 saturated heterocycles. The molecule has 0 spiro atoms. The van der Waals surface area contributed by atoms with Gasteiger partial charge in [-0.15, -0.1) is 0 Å². The molecule has 0 radical (unpaired) electrons. The summed E-state index contributed by atoms with van der Waals surface area (Å²) in [6.07, 6.45) is 0. The normalized spacial score (nSPS) is 9.94. The van der Waals surface area contributed by atoms with Gasteiger partial charge < -0.3 is 15.3 Å². The molecule has 0 atom stereocenters. The maximum absolute atomic E-state index is 11.8. The molecule has 0 bridgehead atoms. The second kappa shape index (κ2) is 5.39. The van der Waals surface area contributed by atoms with Gasteiger partial charge in [-0.05, 0) is 44.5 Å². The standard InChI is InChI=1S/C12H18N2O2/c1-4-14(5-2)12(16)13-11-7-6-10(15)8-9(11)3/h6-8,15H,4-5H2,1-3H3,(H,13,16). The van der Waals surface area contributed by atoms with Crippen LogP contribution in [0.3, 0.4) is 0 Å². The third kappa shape index (κ3) is 2.89. The van der Waals surface area contributed by atoms with Gasteiger partial charge in [0, 0.05) is 18.8 Å². The van der Waals surface area contributed by atoms with Crippen LogP contribution in [0.4, 0.5) is 10.5 Å². The minimum Gasteiger partial charge on any atom is -0.508 e. The van der Waals surface area contributed by atoms with E-state index in [2.05, 4.69) is 5.32 Å². The zero-order valence-corrected chi connectivity index (χ0v) is 9.95. The molecule has 0 heterocycles. The molecule has 16 heavy (non-hydrogen) atoms. The van der Waals surface area contributed by atoms with E-state index in [-0.39, 0.29) is 11.8 Å². The van der Waals surface area contributed by atoms with Gasteiger partial charge in [-0.25, -0.2) is 4.79 Å². The molecule has 2 amide bonds. The number of phenolic OH excluding ortho intramolecular Hbond substituents is 1. The smallest absolute Gasteiger partial charge is 0.321 e. The van der Waals surface area contributed by atoms with Crippen LogP contribution in [0, 0.1) is 6.92 Å². The maximum Gasteiger partial charge on any atom is 0.321 e. The molecule has 88 valence electrons. The van der Waals surface area contributed by atoms with Crippen LogP contribution in [-0.4, -0.2) is 29.1 Å². The van der Waals surface area contributed by atoms with E-state index >= 15 is 0 Å². The fourth-order valence-electron chi connectivity index (χ4n) is 1.49. The molecule has 0 unspecified atom stereocenters. The van der Waals surface area contributed by atoms with Gasteiger partial charge in [-0.3, -0.25) is 0 Å². The largest absolute Gasteiger partial charge is 0.508 e. The summed E-state index contributed by atoms with van der Waals surface area (Å²) in [5.74, 6) is 0.207. The highest BCUT2D eigenvalue weighted by Crippen LogP contribution is 2.20. The molecule has 2 N–H and O–H groups in total. The zero-order valence-electron chi connectivity index (χ0n) is 9.95. The number of hydrogen-bond donors (Lipinski definition) is 2. The van der Waals surface area contributed by atoms with Crippen LogP contribution >= 0.6 is 0 Å². The first kappa shape index (κ1) is 12.4. The summed E-state index contributed by atoms with van der Waals surface area (Å²) in [7, 11) is 0. The number of carbonyl (C=O) groups is 1. The first-order valence-electron chi connectivity index (χ1n) is 5.44. The van der Waals surface area contributed by atoms with Gasteiger partial charge in [0.25, 0.3) is 0 Å². The highest BCUT2D eigenvalue weighted by molar-refractivity contribution is 5.90. The Morgan fingerprint density at radius 2 is 2.00 bits per heavy atom. The fraction of sp³-hybridized carbons (Fsp3) is 0.417. The van der Waals surface area contributed by atoms with Crippen molar-refractivity contribution in [1.82, 2.24) is 4.90 Å². The van der Waals surface area contributed by atoms with E-state index in [9.17, 15) is 9.90 Å². The maximum atomic E-state index is 11.8. The van der Waals surface area contributed by atoms with E-state index in [1.54, 1.807) is 23.1 Å². The van der Waals surface area contributed by atoms with Gasteiger partial charge >= 0.3 is 6.03 Å². The quantitative estimate of drug-likeness (QED) is 0.772. The van der Waals surface area contributed by atoms with Gasteiger partial charge in [-0.2, -0.15) is 0 Å². The highest BCUT2D eigenvalue weighted by Gasteiger charge is 2.10. The summed E-state index contributed by atoms with van der Waals surface area (Å²) in [6, 6.07) is 4.77. The van der Waals surface area contributed by atoms with E-state index in [1.807, 2.05) is 20.8 Å². The van der Waals surface area contributed by atoms with Gasteiger partial charge in [0.05, 0.1) is 0 Å². The third-order valence-electron chi connectivity index (χ3n) is 2.50. The van der Waals surface area contributed by atoms with Crippen LogP contribution in [0.15, 0.2) is 18.2 Å². The number of aromatic hydroxyl groups is 1. The number of amides is 2. The van der Waals surface area contributed by atoms with Crippen LogP contribution in [-0.2, 0) is 0 Å². The van der Waals surface area contributed by atoms with E-state index in [0.29, 0.717) is 13.1 Å². The predicted octanol–water partition coefficient (Wildman–Crippen LogP) is 2.57. The lowest BCUT2D eigenvalue weighted by atomic mass is 10.2. The molecule has 0 aliphatic rings. The second-order valence-corrected chi connectivity index (χ2v) is 3.60. The zero-order chi connectivity index (χ0) is 12.1. The molecule has 4 heteroatoms. The lowest BCUT2D eigenvalue weighted by Gasteiger charge is -2.20. The van der Waals surface area contributed by atoms with Crippen LogP contribution < -0.4 is 5.32 Å². The van der Waals surface area contributed by atoms with E-state index in [4.69, 9.17) is 0 Å². The van der Waals surface area contributed by atoms with Crippen molar-refractivity contribution in [3.8, 4) is 5.75 Å². The molecule has 1 rings (SSSR count). The number of aryl methyl sites for hydroxylation is 1. The molecule has 0 saturated carbocycles. The fourth-order valence-corrected chi connectivity index (χ4v) is 1.49. The molecule has 0 aromatic heterocycles. The highest BCUT2D eigenvalue weighted by atomic mass is 16.3. The first-order valence-corrected chi connectivity index (χ1v) is 5.44. The minimum absolute atomic E-state index is 0.112. The third-order valence-corrected chi connectivity index (χ3v) is 2.50. The van der Waals surface area contributed by atoms with Gasteiger partial charge in [0.1, 0.15) is 5.75 Å². The Bertz CT molecular complexity index is 373. The van der Waals surface area contributed by atoms with Crippen molar-refractivity contribution in [1.29, 1.82) is 0 Å². The second-order valence-electron chi connectivity index (χ2n) is 3.60. The first-order chi connectivity index (χ1) is 7.58. The monoisotopic (exact) mass is 222 g/mol. The van der Waals surface area contributed by atoms with Crippen LogP contribution in [0.25, 0.3) is 0 Å². The minimum atomic E-state index is -0.112. The molecule has 0 aliphatic heterocycles. The van der Waals surface area contributed by atoms with Crippen LogP contribution in [0.2, 0.25) is 0 Å². The van der Waals surface area contributed by atoms with Gasteiger partial charge in [0.2, 0.25) is 0 Å². The van der Waals surface area contributed by atoms with Crippen molar-refractivity contribution in [3.63, 3.8) is 0 Å². The molecular formula is C12H18N2O2. The number of urea groups is 1. The van der Waals surface area contributed by atoms with E-state index < -0.39 is 0 Å². The molecule has 0 aliphatic carbocycles. The molecule has 1 aromatic rings. The average Bonchev–Trinajstić information content (AvgIpc) is 2.24. The molecular weight excluding hydrogens is 204 g/mol. The van der Waals surface area contributed by atoms with Gasteiger partial charge in [0.15, 0.2) is 0 Å². The van der Waals surface area contributed by atoms with Crippen molar-refractivity contribution in [2.45, 2.75) is 20.8 Å². The van der Waals surface area contributed by atoms with Crippen LogP contribution in [0.5, 0.6) is 5.75 Å².